The van der Waals surface area contributed by atoms with Crippen LogP contribution in [0.15, 0.2) is 36.4 Å². The molecule has 0 saturated carbocycles. The minimum absolute atomic E-state index is 0.312. The zero-order valence-corrected chi connectivity index (χ0v) is 8.18. The summed E-state index contributed by atoms with van der Waals surface area (Å²) in [7, 11) is 0. The van der Waals surface area contributed by atoms with Gasteiger partial charge in [-0.3, -0.25) is 0 Å². The van der Waals surface area contributed by atoms with Crippen LogP contribution >= 0.6 is 0 Å². The van der Waals surface area contributed by atoms with E-state index < -0.39 is 17.5 Å². The molecule has 0 aromatic heterocycles. The smallest absolute Gasteiger partial charge is 0.159 e. The van der Waals surface area contributed by atoms with Crippen LogP contribution in [0.4, 0.5) is 18.9 Å². The van der Waals surface area contributed by atoms with E-state index in [4.69, 9.17) is 5.73 Å². The van der Waals surface area contributed by atoms with Crippen LogP contribution in [-0.4, -0.2) is 0 Å². The van der Waals surface area contributed by atoms with Gasteiger partial charge in [0, 0.05) is 11.3 Å². The number of nitrogens with two attached hydrogens (primary N) is 1. The molecule has 0 radical (unpaired) electrons. The van der Waals surface area contributed by atoms with Crippen molar-refractivity contribution in [1.29, 1.82) is 0 Å². The molecule has 82 valence electrons. The number of hydrogen-bond donors (Lipinski definition) is 1. The van der Waals surface area contributed by atoms with E-state index in [1.807, 2.05) is 0 Å². The summed E-state index contributed by atoms with van der Waals surface area (Å²) in [4.78, 5) is 0. The Balaban J connectivity index is 2.58. The second-order valence-electron chi connectivity index (χ2n) is 3.36. The molecule has 0 aliphatic carbocycles. The van der Waals surface area contributed by atoms with Gasteiger partial charge < -0.3 is 5.73 Å². The van der Waals surface area contributed by atoms with Gasteiger partial charge in [0.2, 0.25) is 0 Å². The van der Waals surface area contributed by atoms with Crippen LogP contribution in [0.3, 0.4) is 0 Å². The minimum Gasteiger partial charge on any atom is -0.398 e. The van der Waals surface area contributed by atoms with Crippen molar-refractivity contribution in [2.45, 2.75) is 0 Å². The number of benzene rings is 2. The third kappa shape index (κ3) is 1.86. The molecular formula is C12H8F3N. The lowest BCUT2D eigenvalue weighted by Gasteiger charge is -2.06. The Morgan fingerprint density at radius 3 is 2.25 bits per heavy atom. The Morgan fingerprint density at radius 2 is 1.56 bits per heavy atom. The zero-order valence-electron chi connectivity index (χ0n) is 8.18. The van der Waals surface area contributed by atoms with Crippen molar-refractivity contribution in [2.75, 3.05) is 5.73 Å². The quantitative estimate of drug-likeness (QED) is 0.737. The first-order chi connectivity index (χ1) is 7.58. The van der Waals surface area contributed by atoms with E-state index in [2.05, 4.69) is 0 Å². The molecule has 0 aliphatic heterocycles. The molecule has 0 heterocycles. The van der Waals surface area contributed by atoms with Gasteiger partial charge in [-0.2, -0.15) is 0 Å². The molecule has 0 amide bonds. The van der Waals surface area contributed by atoms with E-state index in [1.165, 1.54) is 24.3 Å². The lowest BCUT2D eigenvalue weighted by Crippen LogP contribution is -1.92. The van der Waals surface area contributed by atoms with Gasteiger partial charge in [-0.1, -0.05) is 6.07 Å². The molecular weight excluding hydrogens is 215 g/mol. The van der Waals surface area contributed by atoms with Crippen molar-refractivity contribution < 1.29 is 13.2 Å². The average molecular weight is 223 g/mol. The fraction of sp³-hybridized carbons (Fsp3) is 0. The molecule has 0 atom stereocenters. The molecule has 2 rings (SSSR count). The molecule has 0 saturated heterocycles. The normalized spacial score (nSPS) is 10.4. The van der Waals surface area contributed by atoms with Crippen LogP contribution in [0, 0.1) is 17.5 Å². The fourth-order valence-corrected chi connectivity index (χ4v) is 1.44. The molecule has 16 heavy (non-hydrogen) atoms. The van der Waals surface area contributed by atoms with Crippen LogP contribution in [0.5, 0.6) is 0 Å². The van der Waals surface area contributed by atoms with Crippen LogP contribution in [0.2, 0.25) is 0 Å². The summed E-state index contributed by atoms with van der Waals surface area (Å²) in [6.45, 7) is 0. The summed E-state index contributed by atoms with van der Waals surface area (Å²) in [5, 5.41) is 0. The number of nitrogen functional groups attached to an aromatic ring is 1. The molecule has 2 aromatic rings. The second kappa shape index (κ2) is 3.89. The molecule has 2 N–H and O–H groups in total. The van der Waals surface area contributed by atoms with Gasteiger partial charge in [0.05, 0.1) is 0 Å². The van der Waals surface area contributed by atoms with Crippen LogP contribution in [0.1, 0.15) is 0 Å². The molecule has 0 fully saturated rings. The van der Waals surface area contributed by atoms with Crippen molar-refractivity contribution in [3.05, 3.63) is 53.8 Å². The van der Waals surface area contributed by atoms with Crippen molar-refractivity contribution in [2.24, 2.45) is 0 Å². The highest BCUT2D eigenvalue weighted by molar-refractivity contribution is 5.76. The van der Waals surface area contributed by atoms with E-state index in [0.29, 0.717) is 16.8 Å². The molecule has 1 nitrogen and oxygen atoms in total. The highest BCUT2D eigenvalue weighted by Crippen LogP contribution is 2.27. The standard InChI is InChI=1S/C12H8F3N/c13-8-2-4-12(16)9(6-8)7-1-3-10(14)11(15)5-7/h1-6H,16H2. The highest BCUT2D eigenvalue weighted by atomic mass is 19.2. The summed E-state index contributed by atoms with van der Waals surface area (Å²) < 4.78 is 38.7. The maximum atomic E-state index is 13.0. The molecule has 0 spiro atoms. The molecule has 2 aromatic carbocycles. The number of anilines is 1. The maximum Gasteiger partial charge on any atom is 0.159 e. The Morgan fingerprint density at radius 1 is 0.812 bits per heavy atom. The van der Waals surface area contributed by atoms with Crippen molar-refractivity contribution in [3.63, 3.8) is 0 Å². The first kappa shape index (κ1) is 10.5. The summed E-state index contributed by atoms with van der Waals surface area (Å²) in [6.07, 6.45) is 0. The second-order valence-corrected chi connectivity index (χ2v) is 3.36. The van der Waals surface area contributed by atoms with Gasteiger partial charge in [-0.05, 0) is 35.9 Å². The first-order valence-electron chi connectivity index (χ1n) is 4.58. The van der Waals surface area contributed by atoms with E-state index >= 15 is 0 Å². The van der Waals surface area contributed by atoms with Crippen molar-refractivity contribution in [3.8, 4) is 11.1 Å². The van der Waals surface area contributed by atoms with Crippen LogP contribution < -0.4 is 5.73 Å². The van der Waals surface area contributed by atoms with Gasteiger partial charge in [0.15, 0.2) is 11.6 Å². The Labute approximate surface area is 90.3 Å². The van der Waals surface area contributed by atoms with E-state index in [-0.39, 0.29) is 0 Å². The van der Waals surface area contributed by atoms with Gasteiger partial charge >= 0.3 is 0 Å². The lowest BCUT2D eigenvalue weighted by molar-refractivity contribution is 0.509. The van der Waals surface area contributed by atoms with Gasteiger partial charge in [-0.15, -0.1) is 0 Å². The van der Waals surface area contributed by atoms with Crippen molar-refractivity contribution in [1.82, 2.24) is 0 Å². The number of rotatable bonds is 1. The van der Waals surface area contributed by atoms with Crippen LogP contribution in [-0.2, 0) is 0 Å². The van der Waals surface area contributed by atoms with Crippen molar-refractivity contribution >= 4 is 5.69 Å². The molecule has 0 aliphatic rings. The zero-order chi connectivity index (χ0) is 11.7. The maximum absolute atomic E-state index is 13.0. The predicted octanol–water partition coefficient (Wildman–Crippen LogP) is 3.35. The fourth-order valence-electron chi connectivity index (χ4n) is 1.44. The summed E-state index contributed by atoms with van der Waals surface area (Å²) in [5.74, 6) is -2.41. The van der Waals surface area contributed by atoms with Crippen LogP contribution in [0.25, 0.3) is 11.1 Å². The minimum atomic E-state index is -0.985. The monoisotopic (exact) mass is 223 g/mol. The Kier molecular flexibility index (Phi) is 2.56. The van der Waals surface area contributed by atoms with E-state index in [1.54, 1.807) is 0 Å². The third-order valence-corrected chi connectivity index (χ3v) is 2.25. The van der Waals surface area contributed by atoms with Gasteiger partial charge in [0.1, 0.15) is 5.82 Å². The predicted molar refractivity (Wildman–Crippen MR) is 56.2 cm³/mol. The molecule has 0 bridgehead atoms. The van der Waals surface area contributed by atoms with Gasteiger partial charge in [0.25, 0.3) is 0 Å². The number of halogens is 3. The third-order valence-electron chi connectivity index (χ3n) is 2.25. The summed E-state index contributed by atoms with van der Waals surface area (Å²) in [5.41, 5.74) is 6.63. The first-order valence-corrected chi connectivity index (χ1v) is 4.58. The van der Waals surface area contributed by atoms with Gasteiger partial charge in [-0.25, -0.2) is 13.2 Å². The molecule has 0 unspecified atom stereocenters. The highest BCUT2D eigenvalue weighted by Gasteiger charge is 2.07. The Hall–Kier alpha value is -1.97. The summed E-state index contributed by atoms with van der Waals surface area (Å²) in [6, 6.07) is 7.09. The Bertz CT molecular complexity index is 538. The lowest BCUT2D eigenvalue weighted by atomic mass is 10.0. The van der Waals surface area contributed by atoms with E-state index in [9.17, 15) is 13.2 Å². The van der Waals surface area contributed by atoms with E-state index in [0.717, 1.165) is 12.1 Å². The topological polar surface area (TPSA) is 26.0 Å². The molecule has 4 heteroatoms. The SMILES string of the molecule is Nc1ccc(F)cc1-c1ccc(F)c(F)c1. The average Bonchev–Trinajstić information content (AvgIpc) is 2.26. The number of hydrogen-bond acceptors (Lipinski definition) is 1. The summed E-state index contributed by atoms with van der Waals surface area (Å²) >= 11 is 0. The largest absolute Gasteiger partial charge is 0.398 e.